The maximum Gasteiger partial charge on any atom is 0.303 e. The molecule has 172 valence electrons. The molecule has 2 aromatic carbocycles. The smallest absolute Gasteiger partial charge is 0.303 e. The van der Waals surface area contributed by atoms with Gasteiger partial charge in [0.15, 0.2) is 0 Å². The first-order chi connectivity index (χ1) is 16.4. The van der Waals surface area contributed by atoms with E-state index >= 15 is 0 Å². The van der Waals surface area contributed by atoms with Crippen LogP contribution in [0.1, 0.15) is 40.7 Å². The summed E-state index contributed by atoms with van der Waals surface area (Å²) in [5, 5.41) is 19.6. The molecular weight excluding hydrogens is 438 g/mol. The molecule has 34 heavy (non-hydrogen) atoms. The summed E-state index contributed by atoms with van der Waals surface area (Å²) in [4.78, 5) is 48.8. The summed E-state index contributed by atoms with van der Waals surface area (Å²) in [6, 6.07) is 12.2. The number of aryl methyl sites for hydroxylation is 1. The number of hydrogen-bond acceptors (Lipinski definition) is 6. The Balaban J connectivity index is 1.33. The summed E-state index contributed by atoms with van der Waals surface area (Å²) in [6.07, 6.45) is 2.86. The van der Waals surface area contributed by atoms with Crippen molar-refractivity contribution in [2.75, 3.05) is 0 Å². The number of carboxylic acid groups (broad SMARTS) is 1. The van der Waals surface area contributed by atoms with Gasteiger partial charge in [0, 0.05) is 30.5 Å². The van der Waals surface area contributed by atoms with Gasteiger partial charge in [0.2, 0.25) is 11.8 Å². The lowest BCUT2D eigenvalue weighted by molar-refractivity contribution is -0.138. The van der Waals surface area contributed by atoms with Crippen molar-refractivity contribution >= 4 is 23.7 Å². The Labute approximate surface area is 194 Å². The molecule has 10 nitrogen and oxygen atoms in total. The molecule has 2 aliphatic rings. The molecule has 5 rings (SSSR count). The number of hydrogen-bond donors (Lipinski definition) is 2. The van der Waals surface area contributed by atoms with Crippen LogP contribution in [0.25, 0.3) is 16.9 Å². The van der Waals surface area contributed by atoms with Crippen molar-refractivity contribution in [2.45, 2.75) is 38.3 Å². The van der Waals surface area contributed by atoms with Crippen molar-refractivity contribution < 1.29 is 24.3 Å². The van der Waals surface area contributed by atoms with E-state index in [2.05, 4.69) is 15.6 Å². The van der Waals surface area contributed by atoms with Gasteiger partial charge in [0.1, 0.15) is 11.7 Å². The third kappa shape index (κ3) is 4.05. The monoisotopic (exact) mass is 459 g/mol. The largest absolute Gasteiger partial charge is 0.481 e. The molecule has 0 bridgehead atoms. The highest BCUT2D eigenvalue weighted by Gasteiger charge is 2.39. The minimum Gasteiger partial charge on any atom is -0.481 e. The van der Waals surface area contributed by atoms with E-state index in [1.165, 1.54) is 4.90 Å². The number of fused-ring (bicyclic) bond motifs is 1. The lowest BCUT2D eigenvalue weighted by Gasteiger charge is -2.29. The number of aromatic nitrogens is 3. The zero-order valence-corrected chi connectivity index (χ0v) is 18.1. The van der Waals surface area contributed by atoms with Crippen molar-refractivity contribution in [3.63, 3.8) is 0 Å². The number of carbonyl (C=O) groups is 4. The second-order valence-corrected chi connectivity index (χ2v) is 8.38. The van der Waals surface area contributed by atoms with Gasteiger partial charge in [-0.3, -0.25) is 24.5 Å². The number of carbonyl (C=O) groups excluding carboxylic acids is 3. The van der Waals surface area contributed by atoms with Crippen molar-refractivity contribution in [1.82, 2.24) is 25.2 Å². The maximum absolute atomic E-state index is 12.9. The number of amides is 3. The van der Waals surface area contributed by atoms with Crippen LogP contribution in [-0.2, 0) is 27.3 Å². The molecule has 1 fully saturated rings. The molecule has 0 radical (unpaired) electrons. The van der Waals surface area contributed by atoms with E-state index in [4.69, 9.17) is 5.11 Å². The third-order valence-corrected chi connectivity index (χ3v) is 6.14. The molecule has 3 amide bonds. The molecule has 0 saturated carbocycles. The Bertz CT molecular complexity index is 1310. The molecule has 1 atom stereocenters. The van der Waals surface area contributed by atoms with Crippen LogP contribution in [0.5, 0.6) is 0 Å². The number of benzene rings is 2. The highest BCUT2D eigenvalue weighted by molar-refractivity contribution is 6.05. The predicted molar refractivity (Wildman–Crippen MR) is 119 cm³/mol. The van der Waals surface area contributed by atoms with Crippen LogP contribution >= 0.6 is 0 Å². The average molecular weight is 459 g/mol. The van der Waals surface area contributed by atoms with Gasteiger partial charge >= 0.3 is 5.97 Å². The summed E-state index contributed by atoms with van der Waals surface area (Å²) in [7, 11) is 0. The zero-order valence-electron chi connectivity index (χ0n) is 18.1. The number of carboxylic acids is 1. The first-order valence-electron chi connectivity index (χ1n) is 10.9. The molecule has 10 heteroatoms. The molecule has 3 aromatic rings. The Morgan fingerprint density at radius 1 is 1.12 bits per heavy atom. The molecule has 1 saturated heterocycles. The second-order valence-electron chi connectivity index (χ2n) is 8.38. The van der Waals surface area contributed by atoms with Gasteiger partial charge in [-0.2, -0.15) is 0 Å². The Kier molecular flexibility index (Phi) is 5.40. The normalized spacial score (nSPS) is 17.6. The predicted octanol–water partition coefficient (Wildman–Crippen LogP) is 1.71. The summed E-state index contributed by atoms with van der Waals surface area (Å²) >= 11 is 0. The summed E-state index contributed by atoms with van der Waals surface area (Å²) in [5.41, 5.74) is 4.49. The van der Waals surface area contributed by atoms with Gasteiger partial charge in [-0.1, -0.05) is 29.5 Å². The van der Waals surface area contributed by atoms with E-state index in [0.717, 1.165) is 22.4 Å². The van der Waals surface area contributed by atoms with Crippen LogP contribution in [0.2, 0.25) is 0 Å². The number of piperidine rings is 1. The topological polar surface area (TPSA) is 134 Å². The van der Waals surface area contributed by atoms with E-state index in [-0.39, 0.29) is 31.2 Å². The molecule has 2 N–H and O–H groups in total. The fraction of sp³-hybridized carbons (Fsp3) is 0.250. The van der Waals surface area contributed by atoms with Crippen molar-refractivity contribution in [1.29, 1.82) is 0 Å². The SMILES string of the molecule is O=C(O)CCc1ccc(-c2cn(-c3ccc4c(c3)CN(C3CCC(=O)NC3=O)C4=O)nn2)cc1. The number of aliphatic carboxylic acids is 1. The number of nitrogens with one attached hydrogen (secondary N) is 1. The van der Waals surface area contributed by atoms with Gasteiger partial charge in [0.05, 0.1) is 11.9 Å². The molecule has 2 aliphatic heterocycles. The third-order valence-electron chi connectivity index (χ3n) is 6.14. The Morgan fingerprint density at radius 2 is 1.91 bits per heavy atom. The van der Waals surface area contributed by atoms with Crippen LogP contribution in [-0.4, -0.2) is 54.7 Å². The van der Waals surface area contributed by atoms with E-state index < -0.39 is 17.9 Å². The molecule has 1 aromatic heterocycles. The van der Waals surface area contributed by atoms with Gasteiger partial charge in [-0.05, 0) is 42.2 Å². The van der Waals surface area contributed by atoms with Crippen LogP contribution < -0.4 is 5.32 Å². The van der Waals surface area contributed by atoms with Crippen LogP contribution in [0.15, 0.2) is 48.7 Å². The highest BCUT2D eigenvalue weighted by Crippen LogP contribution is 2.29. The first-order valence-corrected chi connectivity index (χ1v) is 10.9. The lowest BCUT2D eigenvalue weighted by Crippen LogP contribution is -2.52. The maximum atomic E-state index is 12.9. The van der Waals surface area contributed by atoms with E-state index in [9.17, 15) is 19.2 Å². The van der Waals surface area contributed by atoms with E-state index in [0.29, 0.717) is 24.1 Å². The van der Waals surface area contributed by atoms with Crippen molar-refractivity contribution in [3.05, 3.63) is 65.4 Å². The quantitative estimate of drug-likeness (QED) is 0.536. The molecule has 0 spiro atoms. The molecule has 0 aliphatic carbocycles. The van der Waals surface area contributed by atoms with Gasteiger partial charge in [-0.15, -0.1) is 5.10 Å². The standard InChI is InChI=1S/C24H21N5O5/c30-21-9-8-20(23(33)25-21)28-12-16-11-17(6-7-18(16)24(28)34)29-13-19(26-27-29)15-4-1-14(2-5-15)3-10-22(31)32/h1-2,4-7,11,13,20H,3,8-10,12H2,(H,31,32)(H,25,30,33). The minimum atomic E-state index is -0.830. The molecule has 3 heterocycles. The van der Waals surface area contributed by atoms with Crippen molar-refractivity contribution in [3.8, 4) is 16.9 Å². The van der Waals surface area contributed by atoms with Gasteiger partial charge < -0.3 is 10.0 Å². The van der Waals surface area contributed by atoms with Gasteiger partial charge in [-0.25, -0.2) is 4.68 Å². The van der Waals surface area contributed by atoms with Crippen molar-refractivity contribution in [2.24, 2.45) is 0 Å². The van der Waals surface area contributed by atoms with Crippen LogP contribution in [0, 0.1) is 0 Å². The highest BCUT2D eigenvalue weighted by atomic mass is 16.4. The summed E-state index contributed by atoms with van der Waals surface area (Å²) < 4.78 is 1.62. The second kappa shape index (κ2) is 8.54. The first kappa shape index (κ1) is 21.5. The average Bonchev–Trinajstić information content (AvgIpc) is 3.43. The lowest BCUT2D eigenvalue weighted by atomic mass is 10.0. The summed E-state index contributed by atoms with van der Waals surface area (Å²) in [5.74, 6) is -1.81. The summed E-state index contributed by atoms with van der Waals surface area (Å²) in [6.45, 7) is 0.285. The van der Waals surface area contributed by atoms with Gasteiger partial charge in [0.25, 0.3) is 5.91 Å². The fourth-order valence-corrected chi connectivity index (χ4v) is 4.32. The molecular formula is C24H21N5O5. The number of imide groups is 1. The van der Waals surface area contributed by atoms with E-state index in [1.807, 2.05) is 30.3 Å². The number of nitrogens with zero attached hydrogens (tertiary/aromatic N) is 4. The van der Waals surface area contributed by atoms with E-state index in [1.54, 1.807) is 23.0 Å². The fourth-order valence-electron chi connectivity index (χ4n) is 4.32. The zero-order chi connectivity index (χ0) is 23.8. The Morgan fingerprint density at radius 3 is 2.65 bits per heavy atom. The Hall–Kier alpha value is -4.34. The minimum absolute atomic E-state index is 0.0807. The van der Waals surface area contributed by atoms with Crippen LogP contribution in [0.3, 0.4) is 0 Å². The number of rotatable bonds is 6. The molecule has 1 unspecified atom stereocenters. The van der Waals surface area contributed by atoms with Crippen LogP contribution in [0.4, 0.5) is 0 Å².